The van der Waals surface area contributed by atoms with Gasteiger partial charge in [-0.25, -0.2) is 4.39 Å². The fourth-order valence-electron chi connectivity index (χ4n) is 1.92. The highest BCUT2D eigenvalue weighted by atomic mass is 35.5. The molecule has 0 saturated heterocycles. The molecule has 1 amide bonds. The largest absolute Gasteiger partial charge is 0.322 e. The van der Waals surface area contributed by atoms with Crippen LogP contribution in [0.1, 0.15) is 36.7 Å². The van der Waals surface area contributed by atoms with E-state index in [0.29, 0.717) is 10.7 Å². The standard InChI is InChI=1S/C17H17ClFNO/c1-17(2,3)11-4-7-13(8-5-11)20-16(21)14-10-12(18)6-9-15(14)19/h4-10H,1-3H3,(H,20,21). The fraction of sp³-hybridized carbons (Fsp3) is 0.235. The first-order valence-electron chi connectivity index (χ1n) is 6.64. The van der Waals surface area contributed by atoms with Crippen molar-refractivity contribution >= 4 is 23.2 Å². The molecule has 0 atom stereocenters. The molecule has 2 nitrogen and oxygen atoms in total. The van der Waals surface area contributed by atoms with Crippen LogP contribution in [0.25, 0.3) is 0 Å². The minimum absolute atomic E-state index is 0.0433. The van der Waals surface area contributed by atoms with Gasteiger partial charge >= 0.3 is 0 Å². The van der Waals surface area contributed by atoms with Crippen molar-refractivity contribution in [1.29, 1.82) is 0 Å². The van der Waals surface area contributed by atoms with E-state index in [-0.39, 0.29) is 11.0 Å². The first kappa shape index (κ1) is 15.5. The molecule has 110 valence electrons. The Morgan fingerprint density at radius 3 is 2.29 bits per heavy atom. The van der Waals surface area contributed by atoms with E-state index in [2.05, 4.69) is 26.1 Å². The van der Waals surface area contributed by atoms with Gasteiger partial charge in [0.1, 0.15) is 5.82 Å². The van der Waals surface area contributed by atoms with Crippen molar-refractivity contribution in [3.63, 3.8) is 0 Å². The Hall–Kier alpha value is -1.87. The molecule has 0 fully saturated rings. The van der Waals surface area contributed by atoms with Gasteiger partial charge in [-0.3, -0.25) is 4.79 Å². The predicted octanol–water partition coefficient (Wildman–Crippen LogP) is 5.03. The summed E-state index contributed by atoms with van der Waals surface area (Å²) < 4.78 is 13.6. The van der Waals surface area contributed by atoms with Gasteiger partial charge < -0.3 is 5.32 Å². The molecule has 0 spiro atoms. The molecule has 4 heteroatoms. The number of hydrogen-bond acceptors (Lipinski definition) is 1. The van der Waals surface area contributed by atoms with Gasteiger partial charge in [-0.15, -0.1) is 0 Å². The number of halogens is 2. The van der Waals surface area contributed by atoms with Crippen LogP contribution < -0.4 is 5.32 Å². The van der Waals surface area contributed by atoms with Crippen LogP contribution in [-0.2, 0) is 5.41 Å². The van der Waals surface area contributed by atoms with E-state index in [1.807, 2.05) is 12.1 Å². The summed E-state index contributed by atoms with van der Waals surface area (Å²) in [4.78, 5) is 12.1. The van der Waals surface area contributed by atoms with Crippen molar-refractivity contribution in [1.82, 2.24) is 0 Å². The topological polar surface area (TPSA) is 29.1 Å². The third-order valence-corrected chi connectivity index (χ3v) is 3.42. The zero-order valence-corrected chi connectivity index (χ0v) is 13.0. The van der Waals surface area contributed by atoms with Crippen LogP contribution in [0.15, 0.2) is 42.5 Å². The van der Waals surface area contributed by atoms with Crippen molar-refractivity contribution in [3.05, 3.63) is 64.4 Å². The Morgan fingerprint density at radius 1 is 1.10 bits per heavy atom. The molecule has 0 saturated carbocycles. The highest BCUT2D eigenvalue weighted by Crippen LogP contribution is 2.24. The second kappa shape index (κ2) is 5.86. The first-order valence-corrected chi connectivity index (χ1v) is 7.02. The van der Waals surface area contributed by atoms with E-state index in [1.54, 1.807) is 12.1 Å². The second-order valence-electron chi connectivity index (χ2n) is 5.91. The molecular formula is C17H17ClFNO. The number of nitrogens with one attached hydrogen (secondary N) is 1. The van der Waals surface area contributed by atoms with Gasteiger partial charge in [-0.2, -0.15) is 0 Å². The lowest BCUT2D eigenvalue weighted by atomic mass is 9.87. The van der Waals surface area contributed by atoms with E-state index in [1.165, 1.54) is 18.2 Å². The molecule has 2 aromatic carbocycles. The van der Waals surface area contributed by atoms with Crippen LogP contribution in [0.4, 0.5) is 10.1 Å². The highest BCUT2D eigenvalue weighted by Gasteiger charge is 2.15. The average Bonchev–Trinajstić information content (AvgIpc) is 2.41. The summed E-state index contributed by atoms with van der Waals surface area (Å²) in [7, 11) is 0. The van der Waals surface area contributed by atoms with Crippen molar-refractivity contribution in [3.8, 4) is 0 Å². The summed E-state index contributed by atoms with van der Waals surface area (Å²) in [6.45, 7) is 6.34. The molecule has 0 aromatic heterocycles. The quantitative estimate of drug-likeness (QED) is 0.828. The van der Waals surface area contributed by atoms with Crippen LogP contribution in [0.5, 0.6) is 0 Å². The lowest BCUT2D eigenvalue weighted by molar-refractivity contribution is 0.102. The molecule has 0 aliphatic carbocycles. The maximum absolute atomic E-state index is 13.6. The summed E-state index contributed by atoms with van der Waals surface area (Å²) in [5.41, 5.74) is 1.76. The van der Waals surface area contributed by atoms with Crippen molar-refractivity contribution < 1.29 is 9.18 Å². The van der Waals surface area contributed by atoms with Crippen LogP contribution >= 0.6 is 11.6 Å². The zero-order chi connectivity index (χ0) is 15.6. The van der Waals surface area contributed by atoms with Crippen molar-refractivity contribution in [2.24, 2.45) is 0 Å². The number of benzene rings is 2. The van der Waals surface area contributed by atoms with Gasteiger partial charge in [0.2, 0.25) is 0 Å². The van der Waals surface area contributed by atoms with Crippen LogP contribution in [-0.4, -0.2) is 5.91 Å². The SMILES string of the molecule is CC(C)(C)c1ccc(NC(=O)c2cc(Cl)ccc2F)cc1. The maximum atomic E-state index is 13.6. The minimum Gasteiger partial charge on any atom is -0.322 e. The molecule has 2 rings (SSSR count). The fourth-order valence-corrected chi connectivity index (χ4v) is 2.10. The highest BCUT2D eigenvalue weighted by molar-refractivity contribution is 6.31. The second-order valence-corrected chi connectivity index (χ2v) is 6.34. The van der Waals surface area contributed by atoms with E-state index in [0.717, 1.165) is 5.56 Å². The van der Waals surface area contributed by atoms with Crippen LogP contribution in [0.2, 0.25) is 5.02 Å². The Morgan fingerprint density at radius 2 is 1.71 bits per heavy atom. The molecule has 2 aromatic rings. The van der Waals surface area contributed by atoms with Gasteiger partial charge in [0.25, 0.3) is 5.91 Å². The molecule has 0 aliphatic heterocycles. The summed E-state index contributed by atoms with van der Waals surface area (Å²) in [6.07, 6.45) is 0. The van der Waals surface area contributed by atoms with Gasteiger partial charge in [0.15, 0.2) is 0 Å². The molecule has 0 bridgehead atoms. The Bertz CT molecular complexity index is 659. The summed E-state index contributed by atoms with van der Waals surface area (Å²) in [5, 5.41) is 2.99. The first-order chi connectivity index (χ1) is 9.77. The maximum Gasteiger partial charge on any atom is 0.258 e. The number of carbonyl (C=O) groups excluding carboxylic acids is 1. The predicted molar refractivity (Wildman–Crippen MR) is 84.5 cm³/mol. The molecule has 0 aliphatic rings. The number of amides is 1. The smallest absolute Gasteiger partial charge is 0.258 e. The number of carbonyl (C=O) groups is 1. The summed E-state index contributed by atoms with van der Waals surface area (Å²) >= 11 is 5.79. The number of hydrogen-bond donors (Lipinski definition) is 1. The molecule has 0 unspecified atom stereocenters. The van der Waals surface area contributed by atoms with E-state index in [9.17, 15) is 9.18 Å². The molecule has 0 radical (unpaired) electrons. The zero-order valence-electron chi connectivity index (χ0n) is 12.2. The number of anilines is 1. The Balaban J connectivity index is 2.18. The summed E-state index contributed by atoms with van der Waals surface area (Å²) in [6, 6.07) is 11.4. The molecule has 21 heavy (non-hydrogen) atoms. The average molecular weight is 306 g/mol. The van der Waals surface area contributed by atoms with Crippen molar-refractivity contribution in [2.45, 2.75) is 26.2 Å². The molecule has 0 heterocycles. The normalized spacial score (nSPS) is 11.3. The van der Waals surface area contributed by atoms with E-state index < -0.39 is 11.7 Å². The van der Waals surface area contributed by atoms with E-state index in [4.69, 9.17) is 11.6 Å². The third-order valence-electron chi connectivity index (χ3n) is 3.18. The van der Waals surface area contributed by atoms with Gasteiger partial charge in [0, 0.05) is 10.7 Å². The Kier molecular flexibility index (Phi) is 4.33. The monoisotopic (exact) mass is 305 g/mol. The summed E-state index contributed by atoms with van der Waals surface area (Å²) in [5.74, 6) is -1.11. The number of rotatable bonds is 2. The van der Waals surface area contributed by atoms with Crippen molar-refractivity contribution in [2.75, 3.05) is 5.32 Å². The lowest BCUT2D eigenvalue weighted by Gasteiger charge is -2.19. The lowest BCUT2D eigenvalue weighted by Crippen LogP contribution is -2.14. The van der Waals surface area contributed by atoms with Gasteiger partial charge in [0.05, 0.1) is 5.56 Å². The Labute approximate surface area is 128 Å². The van der Waals surface area contributed by atoms with Crippen LogP contribution in [0.3, 0.4) is 0 Å². The molecule has 1 N–H and O–H groups in total. The molecular weight excluding hydrogens is 289 g/mol. The van der Waals surface area contributed by atoms with E-state index >= 15 is 0 Å². The van der Waals surface area contributed by atoms with Crippen LogP contribution in [0, 0.1) is 5.82 Å². The minimum atomic E-state index is -0.594. The van der Waals surface area contributed by atoms with Gasteiger partial charge in [-0.05, 0) is 41.3 Å². The third kappa shape index (κ3) is 3.82. The van der Waals surface area contributed by atoms with Gasteiger partial charge in [-0.1, -0.05) is 44.5 Å².